The summed E-state index contributed by atoms with van der Waals surface area (Å²) in [6, 6.07) is 5.41. The number of aryl methyl sites for hydroxylation is 1. The van der Waals surface area contributed by atoms with Gasteiger partial charge in [-0.3, -0.25) is 0 Å². The zero-order valence-corrected chi connectivity index (χ0v) is 8.25. The van der Waals surface area contributed by atoms with E-state index >= 15 is 0 Å². The first kappa shape index (κ1) is 10.1. The van der Waals surface area contributed by atoms with Crippen LogP contribution in [0, 0.1) is 6.92 Å². The monoisotopic (exact) mass is 179 g/mol. The zero-order valence-electron chi connectivity index (χ0n) is 8.25. The predicted molar refractivity (Wildman–Crippen MR) is 54.7 cm³/mol. The van der Waals surface area contributed by atoms with E-state index in [1.54, 1.807) is 12.1 Å². The van der Waals surface area contributed by atoms with Crippen LogP contribution >= 0.6 is 0 Å². The number of aromatic hydroxyl groups is 1. The van der Waals surface area contributed by atoms with Crippen LogP contribution in [0.4, 0.5) is 0 Å². The number of rotatable bonds is 3. The van der Waals surface area contributed by atoms with E-state index in [1.165, 1.54) is 0 Å². The van der Waals surface area contributed by atoms with Crippen LogP contribution in [0.15, 0.2) is 18.2 Å². The lowest BCUT2D eigenvalue weighted by Crippen LogP contribution is -2.10. The molecule has 2 nitrogen and oxygen atoms in total. The van der Waals surface area contributed by atoms with Crippen molar-refractivity contribution in [3.05, 3.63) is 29.3 Å². The molecule has 0 amide bonds. The molecule has 1 aromatic carbocycles. The maximum absolute atomic E-state index is 9.30. The number of phenolic OH excluding ortho intramolecular Hbond substituents is 1. The number of nitrogens with two attached hydrogens (primary N) is 1. The summed E-state index contributed by atoms with van der Waals surface area (Å²) in [5.74, 6) is 0.298. The van der Waals surface area contributed by atoms with Crippen molar-refractivity contribution < 1.29 is 5.11 Å². The highest BCUT2D eigenvalue weighted by Gasteiger charge is 2.08. The van der Waals surface area contributed by atoms with Crippen molar-refractivity contribution in [1.29, 1.82) is 0 Å². The van der Waals surface area contributed by atoms with E-state index in [-0.39, 0.29) is 6.04 Å². The molecular formula is C11H17NO. The molecule has 0 fully saturated rings. The van der Waals surface area contributed by atoms with Gasteiger partial charge in [-0.1, -0.05) is 19.4 Å². The molecule has 1 unspecified atom stereocenters. The van der Waals surface area contributed by atoms with Gasteiger partial charge in [0.05, 0.1) is 0 Å². The van der Waals surface area contributed by atoms with E-state index in [1.807, 2.05) is 13.0 Å². The minimum atomic E-state index is 0.0529. The first-order valence-corrected chi connectivity index (χ1v) is 4.70. The van der Waals surface area contributed by atoms with Crippen LogP contribution in [-0.2, 0) is 0 Å². The Hall–Kier alpha value is -1.02. The second kappa shape index (κ2) is 4.28. The molecule has 0 aliphatic carbocycles. The molecule has 0 saturated heterocycles. The molecular weight excluding hydrogens is 162 g/mol. The molecule has 1 rings (SSSR count). The fraction of sp³-hybridized carbons (Fsp3) is 0.455. The summed E-state index contributed by atoms with van der Waals surface area (Å²) < 4.78 is 0. The third kappa shape index (κ3) is 2.46. The van der Waals surface area contributed by atoms with Crippen molar-refractivity contribution in [2.45, 2.75) is 32.7 Å². The van der Waals surface area contributed by atoms with Crippen LogP contribution in [0.5, 0.6) is 5.75 Å². The lowest BCUT2D eigenvalue weighted by Gasteiger charge is -2.13. The lowest BCUT2D eigenvalue weighted by atomic mass is 9.98. The van der Waals surface area contributed by atoms with E-state index in [9.17, 15) is 5.11 Å². The Morgan fingerprint density at radius 1 is 1.46 bits per heavy atom. The average molecular weight is 179 g/mol. The molecule has 0 saturated carbocycles. The number of phenols is 1. The second-order valence-electron chi connectivity index (χ2n) is 3.44. The summed E-state index contributed by atoms with van der Waals surface area (Å²) in [5.41, 5.74) is 8.17. The summed E-state index contributed by atoms with van der Waals surface area (Å²) in [5, 5.41) is 9.30. The minimum Gasteiger partial charge on any atom is -0.508 e. The molecule has 0 aromatic heterocycles. The Bertz CT molecular complexity index is 283. The van der Waals surface area contributed by atoms with Gasteiger partial charge in [-0.15, -0.1) is 0 Å². The standard InChI is InChI=1S/C11H17NO/c1-3-4-11(12)10-7-9(13)6-5-8(10)2/h5-7,11,13H,3-4,12H2,1-2H3. The fourth-order valence-corrected chi connectivity index (χ4v) is 1.49. The Labute approximate surface area is 79.4 Å². The van der Waals surface area contributed by atoms with Crippen molar-refractivity contribution in [2.24, 2.45) is 5.73 Å². The third-order valence-electron chi connectivity index (χ3n) is 2.26. The molecule has 0 aliphatic heterocycles. The smallest absolute Gasteiger partial charge is 0.115 e. The lowest BCUT2D eigenvalue weighted by molar-refractivity contribution is 0.473. The molecule has 0 bridgehead atoms. The van der Waals surface area contributed by atoms with E-state index in [0.717, 1.165) is 24.0 Å². The SMILES string of the molecule is CCCC(N)c1cc(O)ccc1C. The summed E-state index contributed by atoms with van der Waals surface area (Å²) in [7, 11) is 0. The molecule has 0 heterocycles. The number of hydrogen-bond donors (Lipinski definition) is 2. The van der Waals surface area contributed by atoms with Gasteiger partial charge >= 0.3 is 0 Å². The summed E-state index contributed by atoms with van der Waals surface area (Å²) in [6.07, 6.45) is 2.03. The Kier molecular flexibility index (Phi) is 3.32. The first-order valence-electron chi connectivity index (χ1n) is 4.70. The Balaban J connectivity index is 2.91. The van der Waals surface area contributed by atoms with E-state index in [2.05, 4.69) is 6.92 Å². The van der Waals surface area contributed by atoms with E-state index in [4.69, 9.17) is 5.73 Å². The van der Waals surface area contributed by atoms with Crippen LogP contribution in [-0.4, -0.2) is 5.11 Å². The van der Waals surface area contributed by atoms with Crippen molar-refractivity contribution >= 4 is 0 Å². The second-order valence-corrected chi connectivity index (χ2v) is 3.44. The largest absolute Gasteiger partial charge is 0.508 e. The van der Waals surface area contributed by atoms with Crippen LogP contribution in [0.3, 0.4) is 0 Å². The molecule has 1 aromatic rings. The van der Waals surface area contributed by atoms with Gasteiger partial charge < -0.3 is 10.8 Å². The fourth-order valence-electron chi connectivity index (χ4n) is 1.49. The Morgan fingerprint density at radius 3 is 2.77 bits per heavy atom. The van der Waals surface area contributed by atoms with Gasteiger partial charge in [-0.05, 0) is 36.6 Å². The quantitative estimate of drug-likeness (QED) is 0.748. The van der Waals surface area contributed by atoms with Crippen LogP contribution in [0.25, 0.3) is 0 Å². The highest BCUT2D eigenvalue weighted by molar-refractivity contribution is 5.35. The van der Waals surface area contributed by atoms with Gasteiger partial charge in [0.25, 0.3) is 0 Å². The minimum absolute atomic E-state index is 0.0529. The molecule has 1 atom stereocenters. The normalized spacial score (nSPS) is 12.8. The van der Waals surface area contributed by atoms with Crippen molar-refractivity contribution in [3.63, 3.8) is 0 Å². The summed E-state index contributed by atoms with van der Waals surface area (Å²) >= 11 is 0. The van der Waals surface area contributed by atoms with Gasteiger partial charge in [0.1, 0.15) is 5.75 Å². The van der Waals surface area contributed by atoms with Gasteiger partial charge in [0.2, 0.25) is 0 Å². The summed E-state index contributed by atoms with van der Waals surface area (Å²) in [6.45, 7) is 4.13. The van der Waals surface area contributed by atoms with Crippen molar-refractivity contribution in [3.8, 4) is 5.75 Å². The molecule has 3 N–H and O–H groups in total. The Morgan fingerprint density at radius 2 is 2.15 bits per heavy atom. The molecule has 0 radical (unpaired) electrons. The van der Waals surface area contributed by atoms with Crippen LogP contribution in [0.2, 0.25) is 0 Å². The van der Waals surface area contributed by atoms with Gasteiger partial charge in [0, 0.05) is 6.04 Å². The topological polar surface area (TPSA) is 46.2 Å². The van der Waals surface area contributed by atoms with E-state index in [0.29, 0.717) is 5.75 Å². The maximum Gasteiger partial charge on any atom is 0.115 e. The van der Waals surface area contributed by atoms with Crippen molar-refractivity contribution in [2.75, 3.05) is 0 Å². The van der Waals surface area contributed by atoms with Gasteiger partial charge in [0.15, 0.2) is 0 Å². The predicted octanol–water partition coefficient (Wildman–Crippen LogP) is 2.50. The first-order chi connectivity index (χ1) is 6.15. The van der Waals surface area contributed by atoms with Crippen LogP contribution < -0.4 is 5.73 Å². The summed E-state index contributed by atoms with van der Waals surface area (Å²) in [4.78, 5) is 0. The van der Waals surface area contributed by atoms with Gasteiger partial charge in [-0.25, -0.2) is 0 Å². The zero-order chi connectivity index (χ0) is 9.84. The molecule has 13 heavy (non-hydrogen) atoms. The van der Waals surface area contributed by atoms with Crippen molar-refractivity contribution in [1.82, 2.24) is 0 Å². The highest BCUT2D eigenvalue weighted by Crippen LogP contribution is 2.23. The van der Waals surface area contributed by atoms with Gasteiger partial charge in [-0.2, -0.15) is 0 Å². The van der Waals surface area contributed by atoms with E-state index < -0.39 is 0 Å². The molecule has 72 valence electrons. The maximum atomic E-state index is 9.30. The molecule has 0 spiro atoms. The number of hydrogen-bond acceptors (Lipinski definition) is 2. The number of benzene rings is 1. The third-order valence-corrected chi connectivity index (χ3v) is 2.26. The molecule has 2 heteroatoms. The average Bonchev–Trinajstić information content (AvgIpc) is 2.09. The molecule has 0 aliphatic rings. The van der Waals surface area contributed by atoms with Crippen LogP contribution in [0.1, 0.15) is 36.9 Å². The highest BCUT2D eigenvalue weighted by atomic mass is 16.3.